The summed E-state index contributed by atoms with van der Waals surface area (Å²) in [6.45, 7) is 7.93. The molecule has 0 bridgehead atoms. The van der Waals surface area contributed by atoms with Gasteiger partial charge in [0.2, 0.25) is 5.91 Å². The third kappa shape index (κ3) is 7.88. The molecule has 1 fully saturated rings. The topological polar surface area (TPSA) is 70.2 Å². The Hall–Kier alpha value is -1.59. The molecule has 1 aromatic carbocycles. The molecule has 6 heteroatoms. The van der Waals surface area contributed by atoms with Crippen molar-refractivity contribution in [2.75, 3.05) is 18.4 Å². The summed E-state index contributed by atoms with van der Waals surface area (Å²) in [5.41, 5.74) is 0.943. The van der Waals surface area contributed by atoms with E-state index in [1.54, 1.807) is 18.2 Å². The fourth-order valence-corrected chi connectivity index (χ4v) is 2.88. The Morgan fingerprint density at radius 3 is 2.52 bits per heavy atom. The van der Waals surface area contributed by atoms with Crippen molar-refractivity contribution in [1.82, 2.24) is 10.6 Å². The van der Waals surface area contributed by atoms with Gasteiger partial charge in [-0.2, -0.15) is 0 Å². The summed E-state index contributed by atoms with van der Waals surface area (Å²) in [7, 11) is 0. The predicted octanol–water partition coefficient (Wildman–Crippen LogP) is 3.36. The van der Waals surface area contributed by atoms with E-state index in [2.05, 4.69) is 16.0 Å². The van der Waals surface area contributed by atoms with E-state index in [4.69, 9.17) is 0 Å². The second-order valence-corrected chi connectivity index (χ2v) is 7.57. The smallest absolute Gasteiger partial charge is 0.251 e. The first-order valence-electron chi connectivity index (χ1n) is 8.77. The van der Waals surface area contributed by atoms with Crippen molar-refractivity contribution < 1.29 is 9.59 Å². The second kappa shape index (κ2) is 9.78. The molecule has 0 saturated carbocycles. The van der Waals surface area contributed by atoms with Gasteiger partial charge in [-0.1, -0.05) is 6.07 Å². The van der Waals surface area contributed by atoms with Gasteiger partial charge < -0.3 is 16.0 Å². The van der Waals surface area contributed by atoms with Gasteiger partial charge in [-0.25, -0.2) is 0 Å². The van der Waals surface area contributed by atoms with E-state index in [-0.39, 0.29) is 29.8 Å². The van der Waals surface area contributed by atoms with E-state index < -0.39 is 0 Å². The average molecular weight is 368 g/mol. The lowest BCUT2D eigenvalue weighted by atomic mass is 9.93. The largest absolute Gasteiger partial charge is 0.347 e. The SMILES string of the molecule is CC(C)(C)NC(=O)c1cccc(NC(=O)CCC2CCNCC2)c1.Cl. The van der Waals surface area contributed by atoms with Crippen LogP contribution < -0.4 is 16.0 Å². The van der Waals surface area contributed by atoms with Crippen LogP contribution in [0.15, 0.2) is 24.3 Å². The van der Waals surface area contributed by atoms with Crippen LogP contribution in [-0.4, -0.2) is 30.4 Å². The maximum absolute atomic E-state index is 12.2. The number of piperidine rings is 1. The number of carbonyl (C=O) groups excluding carboxylic acids is 2. The molecule has 0 unspecified atom stereocenters. The predicted molar refractivity (Wildman–Crippen MR) is 104 cm³/mol. The van der Waals surface area contributed by atoms with Gasteiger partial charge >= 0.3 is 0 Å². The maximum Gasteiger partial charge on any atom is 0.251 e. The molecule has 0 atom stereocenters. The summed E-state index contributed by atoms with van der Waals surface area (Å²) in [6.07, 6.45) is 3.76. The zero-order valence-electron chi connectivity index (χ0n) is 15.4. The van der Waals surface area contributed by atoms with E-state index in [1.807, 2.05) is 26.8 Å². The van der Waals surface area contributed by atoms with E-state index in [1.165, 1.54) is 0 Å². The lowest BCUT2D eigenvalue weighted by Crippen LogP contribution is -2.40. The van der Waals surface area contributed by atoms with Crippen LogP contribution in [0, 0.1) is 5.92 Å². The fourth-order valence-electron chi connectivity index (χ4n) is 2.88. The summed E-state index contributed by atoms with van der Waals surface area (Å²) in [5, 5.41) is 9.17. The highest BCUT2D eigenvalue weighted by atomic mass is 35.5. The number of hydrogen-bond donors (Lipinski definition) is 3. The standard InChI is InChI=1S/C19H29N3O2.ClH/c1-19(2,3)22-18(24)15-5-4-6-16(13-15)21-17(23)8-7-14-9-11-20-12-10-14;/h4-6,13-14,20H,7-12H2,1-3H3,(H,21,23)(H,22,24);1H. The van der Waals surface area contributed by atoms with Gasteiger partial charge in [-0.05, 0) is 77.2 Å². The maximum atomic E-state index is 12.2. The summed E-state index contributed by atoms with van der Waals surface area (Å²) < 4.78 is 0. The molecule has 1 aliphatic heterocycles. The zero-order valence-corrected chi connectivity index (χ0v) is 16.2. The molecule has 25 heavy (non-hydrogen) atoms. The van der Waals surface area contributed by atoms with Crippen molar-refractivity contribution >= 4 is 29.9 Å². The first-order valence-corrected chi connectivity index (χ1v) is 8.77. The monoisotopic (exact) mass is 367 g/mol. The highest BCUT2D eigenvalue weighted by molar-refractivity contribution is 5.97. The molecular formula is C19H30ClN3O2. The van der Waals surface area contributed by atoms with Crippen LogP contribution in [0.5, 0.6) is 0 Å². The molecule has 1 heterocycles. The minimum atomic E-state index is -0.287. The Morgan fingerprint density at radius 1 is 1.20 bits per heavy atom. The van der Waals surface area contributed by atoms with Crippen LogP contribution in [0.4, 0.5) is 5.69 Å². The summed E-state index contributed by atoms with van der Waals surface area (Å²) in [5.74, 6) is 0.524. The number of anilines is 1. The fraction of sp³-hybridized carbons (Fsp3) is 0.579. The van der Waals surface area contributed by atoms with Crippen LogP contribution in [0.2, 0.25) is 0 Å². The van der Waals surface area contributed by atoms with Gasteiger partial charge in [0.15, 0.2) is 0 Å². The molecule has 0 radical (unpaired) electrons. The number of halogens is 1. The molecule has 140 valence electrons. The van der Waals surface area contributed by atoms with Gasteiger partial charge in [-0.15, -0.1) is 12.4 Å². The van der Waals surface area contributed by atoms with Crippen molar-refractivity contribution in [3.63, 3.8) is 0 Å². The van der Waals surface area contributed by atoms with Crippen LogP contribution in [0.3, 0.4) is 0 Å². The number of rotatable bonds is 5. The second-order valence-electron chi connectivity index (χ2n) is 7.57. The van der Waals surface area contributed by atoms with Crippen molar-refractivity contribution in [2.24, 2.45) is 5.92 Å². The van der Waals surface area contributed by atoms with E-state index in [0.29, 0.717) is 23.6 Å². The minimum absolute atomic E-state index is 0. The average Bonchev–Trinajstić information content (AvgIpc) is 2.52. The molecule has 0 aromatic heterocycles. The Morgan fingerprint density at radius 2 is 1.88 bits per heavy atom. The van der Waals surface area contributed by atoms with Crippen molar-refractivity contribution in [1.29, 1.82) is 0 Å². The van der Waals surface area contributed by atoms with Crippen LogP contribution in [-0.2, 0) is 4.79 Å². The minimum Gasteiger partial charge on any atom is -0.347 e. The summed E-state index contributed by atoms with van der Waals surface area (Å²) in [6, 6.07) is 7.09. The van der Waals surface area contributed by atoms with Gasteiger partial charge in [0, 0.05) is 23.2 Å². The number of nitrogens with one attached hydrogen (secondary N) is 3. The molecule has 0 aliphatic carbocycles. The van der Waals surface area contributed by atoms with Crippen molar-refractivity contribution in [3.05, 3.63) is 29.8 Å². The first-order chi connectivity index (χ1) is 11.3. The third-order valence-electron chi connectivity index (χ3n) is 4.14. The molecule has 1 saturated heterocycles. The molecule has 2 rings (SSSR count). The number of hydrogen-bond acceptors (Lipinski definition) is 3. The highest BCUT2D eigenvalue weighted by Gasteiger charge is 2.17. The third-order valence-corrected chi connectivity index (χ3v) is 4.14. The molecule has 1 aliphatic rings. The van der Waals surface area contributed by atoms with E-state index in [9.17, 15) is 9.59 Å². The van der Waals surface area contributed by atoms with Crippen molar-refractivity contribution in [2.45, 2.75) is 52.0 Å². The lowest BCUT2D eigenvalue weighted by Gasteiger charge is -2.22. The number of benzene rings is 1. The first kappa shape index (κ1) is 21.5. The number of amides is 2. The molecular weight excluding hydrogens is 338 g/mol. The molecule has 5 nitrogen and oxygen atoms in total. The Bertz CT molecular complexity index is 578. The molecule has 3 N–H and O–H groups in total. The van der Waals surface area contributed by atoms with Gasteiger partial charge in [-0.3, -0.25) is 9.59 Å². The zero-order chi connectivity index (χ0) is 17.6. The Balaban J connectivity index is 0.00000312. The Kier molecular flexibility index (Phi) is 8.39. The molecule has 0 spiro atoms. The van der Waals surface area contributed by atoms with Gasteiger partial charge in [0.05, 0.1) is 0 Å². The lowest BCUT2D eigenvalue weighted by molar-refractivity contribution is -0.116. The van der Waals surface area contributed by atoms with Gasteiger partial charge in [0.25, 0.3) is 5.91 Å². The van der Waals surface area contributed by atoms with E-state index >= 15 is 0 Å². The summed E-state index contributed by atoms with van der Waals surface area (Å²) in [4.78, 5) is 24.3. The van der Waals surface area contributed by atoms with Gasteiger partial charge in [0.1, 0.15) is 0 Å². The highest BCUT2D eigenvalue weighted by Crippen LogP contribution is 2.18. The van der Waals surface area contributed by atoms with Crippen molar-refractivity contribution in [3.8, 4) is 0 Å². The van der Waals surface area contributed by atoms with E-state index in [0.717, 1.165) is 32.4 Å². The molecule has 2 amide bonds. The Labute approximate surface area is 156 Å². The number of carbonyl (C=O) groups is 2. The molecule has 1 aromatic rings. The van der Waals surface area contributed by atoms with Crippen LogP contribution >= 0.6 is 12.4 Å². The van der Waals surface area contributed by atoms with Crippen LogP contribution in [0.25, 0.3) is 0 Å². The quantitative estimate of drug-likeness (QED) is 0.747. The summed E-state index contributed by atoms with van der Waals surface area (Å²) >= 11 is 0. The van der Waals surface area contributed by atoms with Crippen LogP contribution in [0.1, 0.15) is 56.8 Å². The normalized spacial score (nSPS) is 15.2.